The third kappa shape index (κ3) is 2.33. The molecule has 0 heterocycles. The molecule has 17 heavy (non-hydrogen) atoms. The fraction of sp³-hybridized carbons (Fsp3) is 0.800. The van der Waals surface area contributed by atoms with Gasteiger partial charge < -0.3 is 5.11 Å². The van der Waals surface area contributed by atoms with Gasteiger partial charge in [-0.15, -0.1) is 0 Å². The van der Waals surface area contributed by atoms with Crippen LogP contribution in [0.15, 0.2) is 11.1 Å². The van der Waals surface area contributed by atoms with Crippen molar-refractivity contribution >= 4 is 5.78 Å². The van der Waals surface area contributed by atoms with Crippen LogP contribution >= 0.6 is 0 Å². The maximum absolute atomic E-state index is 12.0. The second-order valence-electron chi connectivity index (χ2n) is 6.50. The highest BCUT2D eigenvalue weighted by Gasteiger charge is 2.38. The molecule has 2 heteroatoms. The SMILES string of the molecule is CC1CC(=O)C2=C1CC(C(C)(C)O)CCC2C. The monoisotopic (exact) mass is 236 g/mol. The summed E-state index contributed by atoms with van der Waals surface area (Å²) in [7, 11) is 0. The second kappa shape index (κ2) is 4.24. The number of carbonyl (C=O) groups excluding carboxylic acids is 1. The molecule has 0 aromatic rings. The minimum Gasteiger partial charge on any atom is -0.390 e. The Kier molecular flexibility index (Phi) is 3.19. The van der Waals surface area contributed by atoms with Gasteiger partial charge in [-0.2, -0.15) is 0 Å². The number of rotatable bonds is 1. The number of carbonyl (C=O) groups is 1. The van der Waals surface area contributed by atoms with E-state index in [9.17, 15) is 9.90 Å². The predicted octanol–water partition coefficient (Wildman–Crippen LogP) is 3.10. The summed E-state index contributed by atoms with van der Waals surface area (Å²) in [5, 5.41) is 10.2. The Bertz CT molecular complexity index is 360. The van der Waals surface area contributed by atoms with Crippen LogP contribution in [-0.4, -0.2) is 16.5 Å². The zero-order valence-electron chi connectivity index (χ0n) is 11.4. The zero-order chi connectivity index (χ0) is 12.8. The summed E-state index contributed by atoms with van der Waals surface area (Å²) in [6.45, 7) is 8.11. The molecule has 3 unspecified atom stereocenters. The van der Waals surface area contributed by atoms with Crippen molar-refractivity contribution in [3.8, 4) is 0 Å². The molecule has 2 aliphatic rings. The predicted molar refractivity (Wildman–Crippen MR) is 68.6 cm³/mol. The average molecular weight is 236 g/mol. The van der Waals surface area contributed by atoms with Crippen LogP contribution in [0.2, 0.25) is 0 Å². The van der Waals surface area contributed by atoms with Crippen LogP contribution in [0.3, 0.4) is 0 Å². The van der Waals surface area contributed by atoms with Crippen molar-refractivity contribution < 1.29 is 9.90 Å². The Morgan fingerprint density at radius 3 is 2.35 bits per heavy atom. The van der Waals surface area contributed by atoms with Gasteiger partial charge in [0.25, 0.3) is 0 Å². The van der Waals surface area contributed by atoms with Crippen LogP contribution in [-0.2, 0) is 4.79 Å². The summed E-state index contributed by atoms with van der Waals surface area (Å²) < 4.78 is 0. The van der Waals surface area contributed by atoms with Crippen molar-refractivity contribution in [2.75, 3.05) is 0 Å². The van der Waals surface area contributed by atoms with Gasteiger partial charge in [-0.05, 0) is 56.4 Å². The van der Waals surface area contributed by atoms with E-state index in [1.54, 1.807) is 0 Å². The Hall–Kier alpha value is -0.630. The van der Waals surface area contributed by atoms with Crippen LogP contribution < -0.4 is 0 Å². The summed E-state index contributed by atoms with van der Waals surface area (Å²) in [6.07, 6.45) is 3.66. The number of aliphatic hydroxyl groups is 1. The van der Waals surface area contributed by atoms with Crippen LogP contribution in [0.1, 0.15) is 53.4 Å². The van der Waals surface area contributed by atoms with Crippen molar-refractivity contribution in [1.82, 2.24) is 0 Å². The topological polar surface area (TPSA) is 37.3 Å². The molecule has 96 valence electrons. The molecule has 0 aliphatic heterocycles. The molecule has 3 atom stereocenters. The van der Waals surface area contributed by atoms with Gasteiger partial charge in [0.1, 0.15) is 0 Å². The summed E-state index contributed by atoms with van der Waals surface area (Å²) in [6, 6.07) is 0. The summed E-state index contributed by atoms with van der Waals surface area (Å²) in [5.41, 5.74) is 1.81. The molecular weight excluding hydrogens is 212 g/mol. The number of allylic oxidation sites excluding steroid dienone is 2. The lowest BCUT2D eigenvalue weighted by Gasteiger charge is -2.29. The van der Waals surface area contributed by atoms with Gasteiger partial charge in [-0.25, -0.2) is 0 Å². The zero-order valence-corrected chi connectivity index (χ0v) is 11.4. The van der Waals surface area contributed by atoms with Gasteiger partial charge in [0.05, 0.1) is 5.60 Å². The van der Waals surface area contributed by atoms with Gasteiger partial charge in [-0.3, -0.25) is 4.79 Å². The summed E-state index contributed by atoms with van der Waals surface area (Å²) in [5.74, 6) is 1.43. The van der Waals surface area contributed by atoms with Gasteiger partial charge in [0.15, 0.2) is 5.78 Å². The molecule has 0 spiro atoms. The third-order valence-corrected chi connectivity index (χ3v) is 4.64. The highest BCUT2D eigenvalue weighted by atomic mass is 16.3. The maximum Gasteiger partial charge on any atom is 0.159 e. The van der Waals surface area contributed by atoms with E-state index in [0.717, 1.165) is 24.8 Å². The fourth-order valence-electron chi connectivity index (χ4n) is 3.42. The summed E-state index contributed by atoms with van der Waals surface area (Å²) in [4.78, 5) is 12.0. The molecule has 2 rings (SSSR count). The van der Waals surface area contributed by atoms with E-state index in [0.29, 0.717) is 30.0 Å². The normalized spacial score (nSPS) is 34.9. The van der Waals surface area contributed by atoms with Crippen molar-refractivity contribution in [1.29, 1.82) is 0 Å². The molecule has 0 aromatic carbocycles. The quantitative estimate of drug-likeness (QED) is 0.759. The molecule has 1 N–H and O–H groups in total. The molecule has 0 bridgehead atoms. The molecule has 0 saturated heterocycles. The van der Waals surface area contributed by atoms with Crippen LogP contribution in [0.4, 0.5) is 0 Å². The lowest BCUT2D eigenvalue weighted by atomic mass is 9.81. The molecule has 0 fully saturated rings. The molecule has 0 amide bonds. The Morgan fingerprint density at radius 1 is 1.12 bits per heavy atom. The Balaban J connectivity index is 2.32. The molecule has 2 nitrogen and oxygen atoms in total. The first-order valence-corrected chi connectivity index (χ1v) is 6.79. The summed E-state index contributed by atoms with van der Waals surface area (Å²) >= 11 is 0. The third-order valence-electron chi connectivity index (χ3n) is 4.64. The van der Waals surface area contributed by atoms with Crippen molar-refractivity contribution in [3.05, 3.63) is 11.1 Å². The second-order valence-corrected chi connectivity index (χ2v) is 6.50. The van der Waals surface area contributed by atoms with E-state index in [-0.39, 0.29) is 0 Å². The molecule has 0 radical (unpaired) electrons. The van der Waals surface area contributed by atoms with Crippen LogP contribution in [0.25, 0.3) is 0 Å². The van der Waals surface area contributed by atoms with E-state index in [2.05, 4.69) is 13.8 Å². The first-order chi connectivity index (χ1) is 7.80. The first-order valence-electron chi connectivity index (χ1n) is 6.79. The van der Waals surface area contributed by atoms with Gasteiger partial charge in [0.2, 0.25) is 0 Å². The number of ketones is 1. The van der Waals surface area contributed by atoms with Crippen molar-refractivity contribution in [3.63, 3.8) is 0 Å². The number of hydrogen-bond donors (Lipinski definition) is 1. The number of hydrogen-bond acceptors (Lipinski definition) is 2. The van der Waals surface area contributed by atoms with Crippen LogP contribution in [0, 0.1) is 17.8 Å². The molecule has 0 aromatic heterocycles. The Morgan fingerprint density at radius 2 is 1.76 bits per heavy atom. The maximum atomic E-state index is 12.0. The first kappa shape index (κ1) is 12.8. The van der Waals surface area contributed by atoms with E-state index >= 15 is 0 Å². The lowest BCUT2D eigenvalue weighted by Crippen LogP contribution is -2.31. The van der Waals surface area contributed by atoms with Gasteiger partial charge >= 0.3 is 0 Å². The fourth-order valence-corrected chi connectivity index (χ4v) is 3.42. The average Bonchev–Trinajstić information content (AvgIpc) is 2.38. The van der Waals surface area contributed by atoms with Gasteiger partial charge in [0, 0.05) is 6.42 Å². The van der Waals surface area contributed by atoms with Crippen molar-refractivity contribution in [2.24, 2.45) is 17.8 Å². The minimum atomic E-state index is -0.631. The highest BCUT2D eigenvalue weighted by molar-refractivity contribution is 5.99. The van der Waals surface area contributed by atoms with Gasteiger partial charge in [-0.1, -0.05) is 19.4 Å². The lowest BCUT2D eigenvalue weighted by molar-refractivity contribution is -0.115. The molecule has 2 aliphatic carbocycles. The van der Waals surface area contributed by atoms with Crippen molar-refractivity contribution in [2.45, 2.75) is 59.0 Å². The van der Waals surface area contributed by atoms with E-state index in [1.165, 1.54) is 5.57 Å². The molecular formula is C15H24O2. The van der Waals surface area contributed by atoms with E-state index in [4.69, 9.17) is 0 Å². The largest absolute Gasteiger partial charge is 0.390 e. The Labute approximate surface area is 104 Å². The molecule has 0 saturated carbocycles. The standard InChI is InChI=1S/C15H24O2/c1-9-5-6-11(15(3,4)17)8-12-10(2)7-13(16)14(9)12/h9-11,17H,5-8H2,1-4H3. The minimum absolute atomic E-state index is 0.297. The van der Waals surface area contributed by atoms with Crippen LogP contribution in [0.5, 0.6) is 0 Å². The number of Topliss-reactive ketones (excluding diaryl/α,β-unsaturated/α-hetero) is 1. The van der Waals surface area contributed by atoms with E-state index < -0.39 is 5.60 Å². The highest BCUT2D eigenvalue weighted by Crippen LogP contribution is 2.44. The van der Waals surface area contributed by atoms with E-state index in [1.807, 2.05) is 13.8 Å². The smallest absolute Gasteiger partial charge is 0.159 e.